The van der Waals surface area contributed by atoms with E-state index in [4.69, 9.17) is 0 Å². The molecule has 0 spiro atoms. The lowest BCUT2D eigenvalue weighted by atomic mass is 10.2. The van der Waals surface area contributed by atoms with Gasteiger partial charge in [-0.15, -0.1) is 0 Å². The molecule has 0 aliphatic rings. The number of pyridine rings is 1. The van der Waals surface area contributed by atoms with Crippen LogP contribution in [0.3, 0.4) is 0 Å². The van der Waals surface area contributed by atoms with Crippen LogP contribution in [-0.2, 0) is 16.0 Å². The van der Waals surface area contributed by atoms with Crippen molar-refractivity contribution in [3.63, 3.8) is 0 Å². The standard InChI is InChI=1S/C16H13F6N3O3S/c17-15(18,19)11-3-6-13(25-9-11)23-7-8-24-14(26)10-1-4-12(5-2-10)29(27,28)16(20,21)22/h1-6,9H,7-8H2,(H,23,25)(H,24,26). The Balaban J connectivity index is 1.87. The van der Waals surface area contributed by atoms with Crippen molar-refractivity contribution in [3.8, 4) is 0 Å². The second kappa shape index (κ2) is 8.27. The molecule has 0 bridgehead atoms. The lowest BCUT2D eigenvalue weighted by Gasteiger charge is -2.10. The Morgan fingerprint density at radius 3 is 2.03 bits per heavy atom. The summed E-state index contributed by atoms with van der Waals surface area (Å²) in [6.45, 7) is 0.120. The Bertz CT molecular complexity index is 955. The van der Waals surface area contributed by atoms with E-state index >= 15 is 0 Å². The van der Waals surface area contributed by atoms with E-state index in [0.717, 1.165) is 24.3 Å². The minimum atomic E-state index is -5.50. The Hall–Kier alpha value is -2.83. The molecule has 2 rings (SSSR count). The van der Waals surface area contributed by atoms with Gasteiger partial charge < -0.3 is 10.6 Å². The largest absolute Gasteiger partial charge is 0.501 e. The molecule has 0 radical (unpaired) electrons. The normalized spacial score (nSPS) is 12.5. The molecule has 2 N–H and O–H groups in total. The lowest BCUT2D eigenvalue weighted by Crippen LogP contribution is -2.29. The highest BCUT2D eigenvalue weighted by molar-refractivity contribution is 7.92. The molecule has 0 saturated heterocycles. The molecule has 0 aliphatic heterocycles. The van der Waals surface area contributed by atoms with E-state index in [1.54, 1.807) is 0 Å². The van der Waals surface area contributed by atoms with Gasteiger partial charge in [0.1, 0.15) is 5.82 Å². The van der Waals surface area contributed by atoms with E-state index in [1.165, 1.54) is 0 Å². The number of aromatic nitrogens is 1. The lowest BCUT2D eigenvalue weighted by molar-refractivity contribution is -0.137. The number of carbonyl (C=O) groups is 1. The molecule has 1 amide bonds. The summed E-state index contributed by atoms with van der Waals surface area (Å²) in [6.07, 6.45) is -3.86. The SMILES string of the molecule is O=C(NCCNc1ccc(C(F)(F)F)cn1)c1ccc(S(=O)(=O)C(F)(F)F)cc1. The predicted molar refractivity (Wildman–Crippen MR) is 89.7 cm³/mol. The highest BCUT2D eigenvalue weighted by atomic mass is 32.2. The van der Waals surface area contributed by atoms with Gasteiger partial charge in [-0.2, -0.15) is 26.3 Å². The summed E-state index contributed by atoms with van der Waals surface area (Å²) in [7, 11) is -5.50. The summed E-state index contributed by atoms with van der Waals surface area (Å²) in [5.41, 5.74) is -6.43. The first-order chi connectivity index (χ1) is 13.3. The number of amides is 1. The molecular formula is C16H13F6N3O3S. The van der Waals surface area contributed by atoms with Gasteiger partial charge in [0.2, 0.25) is 0 Å². The average Bonchev–Trinajstić information content (AvgIpc) is 2.64. The van der Waals surface area contributed by atoms with Gasteiger partial charge in [0.05, 0.1) is 10.5 Å². The summed E-state index contributed by atoms with van der Waals surface area (Å²) in [5.74, 6) is -0.530. The van der Waals surface area contributed by atoms with Gasteiger partial charge in [-0.05, 0) is 36.4 Å². The van der Waals surface area contributed by atoms with Crippen LogP contribution in [0.25, 0.3) is 0 Å². The Morgan fingerprint density at radius 1 is 0.931 bits per heavy atom. The van der Waals surface area contributed by atoms with Gasteiger partial charge in [0.25, 0.3) is 15.7 Å². The predicted octanol–water partition coefficient (Wildman–Crippen LogP) is 3.24. The second-order valence-electron chi connectivity index (χ2n) is 5.59. The van der Waals surface area contributed by atoms with Gasteiger partial charge in [-0.1, -0.05) is 0 Å². The highest BCUT2D eigenvalue weighted by Gasteiger charge is 2.46. The number of hydrogen-bond acceptors (Lipinski definition) is 5. The van der Waals surface area contributed by atoms with E-state index in [1.807, 2.05) is 0 Å². The number of carbonyl (C=O) groups excluding carboxylic acids is 1. The van der Waals surface area contributed by atoms with Crippen LogP contribution in [0.4, 0.5) is 32.2 Å². The van der Waals surface area contributed by atoms with Crippen molar-refractivity contribution in [1.29, 1.82) is 0 Å². The first-order valence-corrected chi connectivity index (χ1v) is 9.27. The first-order valence-electron chi connectivity index (χ1n) is 7.79. The van der Waals surface area contributed by atoms with Crippen LogP contribution >= 0.6 is 0 Å². The van der Waals surface area contributed by atoms with Crippen molar-refractivity contribution in [2.45, 2.75) is 16.6 Å². The van der Waals surface area contributed by atoms with E-state index in [0.29, 0.717) is 18.3 Å². The molecule has 0 aliphatic carbocycles. The Labute approximate surface area is 160 Å². The third-order valence-corrected chi connectivity index (χ3v) is 5.04. The van der Waals surface area contributed by atoms with E-state index in [2.05, 4.69) is 15.6 Å². The number of nitrogens with one attached hydrogen (secondary N) is 2. The third kappa shape index (κ3) is 5.59. The zero-order chi connectivity index (χ0) is 21.9. The summed E-state index contributed by atoms with van der Waals surface area (Å²) in [4.78, 5) is 14.5. The summed E-state index contributed by atoms with van der Waals surface area (Å²) in [6, 6.07) is 5.15. The van der Waals surface area contributed by atoms with E-state index in [-0.39, 0.29) is 24.5 Å². The summed E-state index contributed by atoms with van der Waals surface area (Å²) < 4.78 is 97.2. The van der Waals surface area contributed by atoms with E-state index < -0.39 is 37.9 Å². The number of anilines is 1. The average molecular weight is 441 g/mol. The number of alkyl halides is 6. The van der Waals surface area contributed by atoms with Crippen LogP contribution in [0.15, 0.2) is 47.5 Å². The zero-order valence-corrected chi connectivity index (χ0v) is 15.1. The fourth-order valence-electron chi connectivity index (χ4n) is 2.05. The third-order valence-electron chi connectivity index (χ3n) is 3.54. The van der Waals surface area contributed by atoms with Crippen LogP contribution in [0.1, 0.15) is 15.9 Å². The minimum absolute atomic E-state index is 0.0180. The van der Waals surface area contributed by atoms with Crippen molar-refractivity contribution >= 4 is 21.6 Å². The molecule has 158 valence electrons. The molecule has 6 nitrogen and oxygen atoms in total. The fraction of sp³-hybridized carbons (Fsp3) is 0.250. The van der Waals surface area contributed by atoms with Crippen LogP contribution in [0, 0.1) is 0 Å². The topological polar surface area (TPSA) is 88.2 Å². The molecule has 0 atom stereocenters. The molecule has 2 aromatic rings. The zero-order valence-electron chi connectivity index (χ0n) is 14.3. The van der Waals surface area contributed by atoms with Crippen LogP contribution < -0.4 is 10.6 Å². The number of rotatable bonds is 6. The van der Waals surface area contributed by atoms with Crippen LogP contribution in [0.2, 0.25) is 0 Å². The van der Waals surface area contributed by atoms with Gasteiger partial charge >= 0.3 is 11.7 Å². The number of halogens is 6. The summed E-state index contributed by atoms with van der Waals surface area (Å²) >= 11 is 0. The first kappa shape index (κ1) is 22.5. The van der Waals surface area contributed by atoms with Crippen molar-refractivity contribution in [2.24, 2.45) is 0 Å². The molecule has 0 saturated carbocycles. The Morgan fingerprint density at radius 2 is 1.55 bits per heavy atom. The number of sulfone groups is 1. The van der Waals surface area contributed by atoms with Crippen LogP contribution in [-0.4, -0.2) is 37.9 Å². The Kier molecular flexibility index (Phi) is 6.40. The van der Waals surface area contributed by atoms with Crippen molar-refractivity contribution < 1.29 is 39.6 Å². The van der Waals surface area contributed by atoms with Crippen molar-refractivity contribution in [3.05, 3.63) is 53.7 Å². The highest BCUT2D eigenvalue weighted by Crippen LogP contribution is 2.30. The number of benzene rings is 1. The minimum Gasteiger partial charge on any atom is -0.368 e. The maximum Gasteiger partial charge on any atom is 0.501 e. The van der Waals surface area contributed by atoms with Gasteiger partial charge in [-0.3, -0.25) is 4.79 Å². The quantitative estimate of drug-likeness (QED) is 0.531. The smallest absolute Gasteiger partial charge is 0.368 e. The van der Waals surface area contributed by atoms with Gasteiger partial charge in [-0.25, -0.2) is 13.4 Å². The van der Waals surface area contributed by atoms with Crippen LogP contribution in [0.5, 0.6) is 0 Å². The molecule has 1 aromatic heterocycles. The molecule has 0 fully saturated rings. The molecule has 29 heavy (non-hydrogen) atoms. The molecule has 1 aromatic carbocycles. The van der Waals surface area contributed by atoms with Gasteiger partial charge in [0.15, 0.2) is 0 Å². The molecular weight excluding hydrogens is 428 g/mol. The molecule has 1 heterocycles. The second-order valence-corrected chi connectivity index (χ2v) is 7.53. The van der Waals surface area contributed by atoms with Crippen molar-refractivity contribution in [1.82, 2.24) is 10.3 Å². The maximum absolute atomic E-state index is 12.5. The number of nitrogens with zero attached hydrogens (tertiary/aromatic N) is 1. The van der Waals surface area contributed by atoms with Gasteiger partial charge in [0, 0.05) is 24.8 Å². The summed E-state index contributed by atoms with van der Waals surface area (Å²) in [5, 5.41) is 5.09. The van der Waals surface area contributed by atoms with Crippen molar-refractivity contribution in [2.75, 3.05) is 18.4 Å². The maximum atomic E-state index is 12.5. The molecule has 0 unspecified atom stereocenters. The van der Waals surface area contributed by atoms with E-state index in [9.17, 15) is 39.6 Å². The number of hydrogen-bond donors (Lipinski definition) is 2. The molecule has 13 heteroatoms. The fourth-order valence-corrected chi connectivity index (χ4v) is 2.82. The monoisotopic (exact) mass is 441 g/mol.